The maximum absolute atomic E-state index is 7.29. The average molecular weight is 245 g/mol. The summed E-state index contributed by atoms with van der Waals surface area (Å²) < 4.78 is 5.61. The number of pyridine rings is 1. The topological polar surface area (TPSA) is 58.0 Å². The average Bonchev–Trinajstić information content (AvgIpc) is 2.32. The first-order chi connectivity index (χ1) is 8.25. The summed E-state index contributed by atoms with van der Waals surface area (Å²) in [6.45, 7) is 0. The molecule has 0 spiro atoms. The lowest BCUT2D eigenvalue weighted by molar-refractivity contribution is 0.465. The second kappa shape index (κ2) is 5.36. The number of hydrogen-bond donors (Lipinski definition) is 3. The van der Waals surface area contributed by atoms with Gasteiger partial charge in [0.1, 0.15) is 0 Å². The number of anilines is 1. The van der Waals surface area contributed by atoms with Crippen molar-refractivity contribution in [3.05, 3.63) is 48.7 Å². The van der Waals surface area contributed by atoms with Gasteiger partial charge in [-0.1, -0.05) is 18.2 Å². The van der Waals surface area contributed by atoms with Gasteiger partial charge in [-0.25, -0.2) is 4.98 Å². The van der Waals surface area contributed by atoms with Crippen molar-refractivity contribution in [2.24, 2.45) is 0 Å². The molecular formula is C12H11N3OS. The number of nitrogens with zero attached hydrogens (tertiary/aromatic N) is 1. The van der Waals surface area contributed by atoms with Crippen LogP contribution in [0.1, 0.15) is 0 Å². The van der Waals surface area contributed by atoms with E-state index < -0.39 is 0 Å². The number of para-hydroxylation sites is 2. The minimum atomic E-state index is 0.0575. The predicted octanol–water partition coefficient (Wildman–Crippen LogP) is 3.15. The molecule has 0 amide bonds. The molecule has 0 aliphatic heterocycles. The van der Waals surface area contributed by atoms with Crippen LogP contribution in [0.15, 0.2) is 48.7 Å². The van der Waals surface area contributed by atoms with Crippen molar-refractivity contribution in [1.82, 2.24) is 4.98 Å². The van der Waals surface area contributed by atoms with Crippen molar-refractivity contribution in [1.29, 1.82) is 5.41 Å². The standard InChI is InChI=1S/C12H11N3OS/c13-12(17)15-9-5-1-2-6-10(9)16-11-7-3-4-8-14-11/h1-8H,(H3,13,15,17). The highest BCUT2D eigenvalue weighted by molar-refractivity contribution is 7.97. The van der Waals surface area contributed by atoms with Gasteiger partial charge in [0.05, 0.1) is 5.69 Å². The van der Waals surface area contributed by atoms with E-state index in [1.165, 1.54) is 0 Å². The molecule has 1 aromatic heterocycles. The Morgan fingerprint density at radius 1 is 1.18 bits per heavy atom. The third-order valence-electron chi connectivity index (χ3n) is 1.99. The highest BCUT2D eigenvalue weighted by Crippen LogP contribution is 2.28. The van der Waals surface area contributed by atoms with Gasteiger partial charge < -0.3 is 10.1 Å². The van der Waals surface area contributed by atoms with E-state index in [-0.39, 0.29) is 5.17 Å². The zero-order valence-electron chi connectivity index (χ0n) is 8.92. The Balaban J connectivity index is 2.23. The zero-order valence-corrected chi connectivity index (χ0v) is 9.82. The number of hydrogen-bond acceptors (Lipinski definition) is 3. The fraction of sp³-hybridized carbons (Fsp3) is 0. The van der Waals surface area contributed by atoms with Crippen molar-refractivity contribution >= 4 is 23.5 Å². The lowest BCUT2D eigenvalue weighted by Gasteiger charge is -2.10. The molecule has 0 fully saturated rings. The van der Waals surface area contributed by atoms with E-state index in [0.29, 0.717) is 17.3 Å². The minimum absolute atomic E-state index is 0.0575. The van der Waals surface area contributed by atoms with Crippen LogP contribution >= 0.6 is 12.6 Å². The van der Waals surface area contributed by atoms with Crippen molar-refractivity contribution in [3.8, 4) is 11.6 Å². The SMILES string of the molecule is N=C(S)Nc1ccccc1Oc1ccccn1. The number of rotatable bonds is 3. The summed E-state index contributed by atoms with van der Waals surface area (Å²) in [4.78, 5) is 4.07. The van der Waals surface area contributed by atoms with Gasteiger partial charge in [-0.3, -0.25) is 5.41 Å². The van der Waals surface area contributed by atoms with Crippen LogP contribution in [0.25, 0.3) is 0 Å². The number of aromatic nitrogens is 1. The molecule has 0 radical (unpaired) electrons. The molecule has 0 saturated heterocycles. The van der Waals surface area contributed by atoms with Gasteiger partial charge in [0.2, 0.25) is 5.88 Å². The summed E-state index contributed by atoms with van der Waals surface area (Å²) in [6, 6.07) is 12.7. The van der Waals surface area contributed by atoms with E-state index in [9.17, 15) is 0 Å². The van der Waals surface area contributed by atoms with Gasteiger partial charge in [-0.05, 0) is 18.2 Å². The van der Waals surface area contributed by atoms with Crippen LogP contribution in [0.3, 0.4) is 0 Å². The fourth-order valence-corrected chi connectivity index (χ4v) is 1.43. The lowest BCUT2D eigenvalue weighted by Crippen LogP contribution is -2.03. The number of ether oxygens (including phenoxy) is 1. The largest absolute Gasteiger partial charge is 0.437 e. The van der Waals surface area contributed by atoms with Crippen LogP contribution in [0.5, 0.6) is 11.6 Å². The molecule has 2 aromatic rings. The number of thiol groups is 1. The Kier molecular flexibility index (Phi) is 3.62. The molecule has 0 saturated carbocycles. The number of nitrogens with one attached hydrogen (secondary N) is 2. The maximum Gasteiger partial charge on any atom is 0.219 e. The Labute approximate surface area is 105 Å². The molecule has 2 rings (SSSR count). The Morgan fingerprint density at radius 3 is 2.65 bits per heavy atom. The summed E-state index contributed by atoms with van der Waals surface area (Å²) in [6.07, 6.45) is 1.66. The van der Waals surface area contributed by atoms with E-state index >= 15 is 0 Å². The summed E-state index contributed by atoms with van der Waals surface area (Å²) in [7, 11) is 0. The van der Waals surface area contributed by atoms with Crippen LogP contribution < -0.4 is 10.1 Å². The van der Waals surface area contributed by atoms with Gasteiger partial charge in [0, 0.05) is 12.3 Å². The molecule has 4 nitrogen and oxygen atoms in total. The van der Waals surface area contributed by atoms with Gasteiger partial charge in [0.25, 0.3) is 0 Å². The fourth-order valence-electron chi connectivity index (χ4n) is 1.31. The summed E-state index contributed by atoms with van der Waals surface area (Å²) in [5.41, 5.74) is 0.679. The van der Waals surface area contributed by atoms with Crippen LogP contribution in [0.4, 0.5) is 5.69 Å². The van der Waals surface area contributed by atoms with E-state index in [4.69, 9.17) is 10.1 Å². The first kappa shape index (κ1) is 11.5. The highest BCUT2D eigenvalue weighted by Gasteiger charge is 2.04. The molecule has 2 N–H and O–H groups in total. The monoisotopic (exact) mass is 245 g/mol. The van der Waals surface area contributed by atoms with Crippen LogP contribution in [0, 0.1) is 5.41 Å². The first-order valence-corrected chi connectivity index (χ1v) is 5.43. The van der Waals surface area contributed by atoms with E-state index in [0.717, 1.165) is 0 Å². The Hall–Kier alpha value is -2.01. The third-order valence-corrected chi connectivity index (χ3v) is 2.10. The second-order valence-corrected chi connectivity index (χ2v) is 3.69. The minimum Gasteiger partial charge on any atom is -0.437 e. The Bertz CT molecular complexity index is 516. The van der Waals surface area contributed by atoms with Crippen LogP contribution in [0.2, 0.25) is 0 Å². The molecule has 86 valence electrons. The zero-order chi connectivity index (χ0) is 12.1. The van der Waals surface area contributed by atoms with Crippen molar-refractivity contribution in [2.75, 3.05) is 5.32 Å². The molecule has 1 heterocycles. The van der Waals surface area contributed by atoms with Crippen molar-refractivity contribution in [2.45, 2.75) is 0 Å². The molecule has 0 aliphatic carbocycles. The second-order valence-electron chi connectivity index (χ2n) is 3.24. The molecule has 0 unspecified atom stereocenters. The molecule has 5 heteroatoms. The van der Waals surface area contributed by atoms with Gasteiger partial charge in [-0.15, -0.1) is 12.6 Å². The van der Waals surface area contributed by atoms with Gasteiger partial charge in [-0.2, -0.15) is 0 Å². The Morgan fingerprint density at radius 2 is 1.94 bits per heavy atom. The molecular weight excluding hydrogens is 234 g/mol. The smallest absolute Gasteiger partial charge is 0.219 e. The number of amidine groups is 1. The molecule has 0 aliphatic rings. The molecule has 17 heavy (non-hydrogen) atoms. The predicted molar refractivity (Wildman–Crippen MR) is 71.1 cm³/mol. The van der Waals surface area contributed by atoms with Crippen LogP contribution in [-0.2, 0) is 0 Å². The quantitative estimate of drug-likeness (QED) is 0.442. The van der Waals surface area contributed by atoms with Crippen molar-refractivity contribution < 1.29 is 4.74 Å². The number of benzene rings is 1. The van der Waals surface area contributed by atoms with Gasteiger partial charge >= 0.3 is 0 Å². The third kappa shape index (κ3) is 3.22. The highest BCUT2D eigenvalue weighted by atomic mass is 32.1. The molecule has 0 bridgehead atoms. The summed E-state index contributed by atoms with van der Waals surface area (Å²) in [5.74, 6) is 1.11. The summed E-state index contributed by atoms with van der Waals surface area (Å²) in [5, 5.41) is 10.1. The van der Waals surface area contributed by atoms with Crippen molar-refractivity contribution in [3.63, 3.8) is 0 Å². The molecule has 0 atom stereocenters. The van der Waals surface area contributed by atoms with Gasteiger partial charge in [0.15, 0.2) is 10.9 Å². The van der Waals surface area contributed by atoms with E-state index in [1.807, 2.05) is 30.3 Å². The molecule has 1 aromatic carbocycles. The summed E-state index contributed by atoms with van der Waals surface area (Å²) >= 11 is 3.88. The van der Waals surface area contributed by atoms with E-state index in [1.54, 1.807) is 18.3 Å². The van der Waals surface area contributed by atoms with Crippen LogP contribution in [-0.4, -0.2) is 10.2 Å². The maximum atomic E-state index is 7.29. The lowest BCUT2D eigenvalue weighted by atomic mass is 10.3. The normalized spacial score (nSPS) is 9.71. The van der Waals surface area contributed by atoms with E-state index in [2.05, 4.69) is 22.9 Å². The first-order valence-electron chi connectivity index (χ1n) is 4.98.